The molecule has 0 aromatic carbocycles. The van der Waals surface area contributed by atoms with Gasteiger partial charge in [0.1, 0.15) is 6.04 Å². The van der Waals surface area contributed by atoms with E-state index < -0.39 is 0 Å². The molecule has 1 aliphatic heterocycles. The third-order valence-electron chi connectivity index (χ3n) is 2.66. The highest BCUT2D eigenvalue weighted by Crippen LogP contribution is 2.19. The van der Waals surface area contributed by atoms with E-state index in [2.05, 4.69) is 12.2 Å². The molecule has 0 radical (unpaired) electrons. The SMILES string of the molecule is CCOC(=O)C1CC(CC)CCN1. The van der Waals surface area contributed by atoms with Gasteiger partial charge in [-0.1, -0.05) is 13.3 Å². The number of nitrogens with one attached hydrogen (secondary N) is 1. The Morgan fingerprint density at radius 3 is 2.92 bits per heavy atom. The summed E-state index contributed by atoms with van der Waals surface area (Å²) >= 11 is 0. The summed E-state index contributed by atoms with van der Waals surface area (Å²) in [6.45, 7) is 5.45. The predicted octanol–water partition coefficient (Wildman–Crippen LogP) is 1.33. The molecule has 1 saturated heterocycles. The van der Waals surface area contributed by atoms with Crippen LogP contribution in [0.4, 0.5) is 0 Å². The summed E-state index contributed by atoms with van der Waals surface area (Å²) in [4.78, 5) is 11.4. The predicted molar refractivity (Wildman–Crippen MR) is 51.4 cm³/mol. The van der Waals surface area contributed by atoms with Crippen molar-refractivity contribution in [2.45, 2.75) is 39.2 Å². The van der Waals surface area contributed by atoms with Gasteiger partial charge in [0.2, 0.25) is 0 Å². The second kappa shape index (κ2) is 5.22. The Kier molecular flexibility index (Phi) is 4.22. The van der Waals surface area contributed by atoms with Gasteiger partial charge >= 0.3 is 5.97 Å². The van der Waals surface area contributed by atoms with Crippen LogP contribution in [0.3, 0.4) is 0 Å². The van der Waals surface area contributed by atoms with Crippen molar-refractivity contribution in [3.63, 3.8) is 0 Å². The Balaban J connectivity index is 2.37. The van der Waals surface area contributed by atoms with Gasteiger partial charge in [-0.2, -0.15) is 0 Å². The van der Waals surface area contributed by atoms with Gasteiger partial charge in [0, 0.05) is 0 Å². The van der Waals surface area contributed by atoms with E-state index in [0.717, 1.165) is 19.4 Å². The Morgan fingerprint density at radius 1 is 1.54 bits per heavy atom. The molecule has 2 unspecified atom stereocenters. The Bertz CT molecular complexity index is 170. The van der Waals surface area contributed by atoms with Gasteiger partial charge in [-0.25, -0.2) is 0 Å². The maximum absolute atomic E-state index is 11.4. The molecule has 0 saturated carbocycles. The molecule has 0 aromatic rings. The summed E-state index contributed by atoms with van der Waals surface area (Å²) in [5, 5.41) is 3.19. The summed E-state index contributed by atoms with van der Waals surface area (Å²) in [6.07, 6.45) is 3.29. The van der Waals surface area contributed by atoms with Gasteiger partial charge in [0.25, 0.3) is 0 Å². The van der Waals surface area contributed by atoms with Crippen LogP contribution < -0.4 is 5.32 Å². The number of carbonyl (C=O) groups is 1. The summed E-state index contributed by atoms with van der Waals surface area (Å²) in [5.74, 6) is 0.608. The van der Waals surface area contributed by atoms with Crippen molar-refractivity contribution in [2.75, 3.05) is 13.2 Å². The highest BCUT2D eigenvalue weighted by molar-refractivity contribution is 5.75. The van der Waals surface area contributed by atoms with E-state index in [1.54, 1.807) is 0 Å². The van der Waals surface area contributed by atoms with Crippen LogP contribution in [-0.4, -0.2) is 25.2 Å². The average molecular weight is 185 g/mol. The van der Waals surface area contributed by atoms with E-state index in [1.807, 2.05) is 6.92 Å². The highest BCUT2D eigenvalue weighted by atomic mass is 16.5. The van der Waals surface area contributed by atoms with Gasteiger partial charge in [0.05, 0.1) is 6.61 Å². The van der Waals surface area contributed by atoms with Crippen molar-refractivity contribution >= 4 is 5.97 Å². The average Bonchev–Trinajstić information content (AvgIpc) is 2.18. The topological polar surface area (TPSA) is 38.3 Å². The van der Waals surface area contributed by atoms with E-state index in [4.69, 9.17) is 4.74 Å². The molecule has 13 heavy (non-hydrogen) atoms. The van der Waals surface area contributed by atoms with Crippen molar-refractivity contribution in [1.29, 1.82) is 0 Å². The molecule has 1 rings (SSSR count). The summed E-state index contributed by atoms with van der Waals surface area (Å²) in [7, 11) is 0. The highest BCUT2D eigenvalue weighted by Gasteiger charge is 2.26. The number of carbonyl (C=O) groups excluding carboxylic acids is 1. The fourth-order valence-corrected chi connectivity index (χ4v) is 1.79. The van der Waals surface area contributed by atoms with Crippen molar-refractivity contribution in [3.05, 3.63) is 0 Å². The second-order valence-electron chi connectivity index (χ2n) is 3.56. The van der Waals surface area contributed by atoms with E-state index in [0.29, 0.717) is 12.5 Å². The summed E-state index contributed by atoms with van der Waals surface area (Å²) in [6, 6.07) is -0.0568. The zero-order chi connectivity index (χ0) is 9.68. The molecule has 1 aliphatic rings. The minimum atomic E-state index is -0.0827. The number of ether oxygens (including phenoxy) is 1. The van der Waals surface area contributed by atoms with Crippen molar-refractivity contribution in [2.24, 2.45) is 5.92 Å². The fourth-order valence-electron chi connectivity index (χ4n) is 1.79. The lowest BCUT2D eigenvalue weighted by Gasteiger charge is -2.27. The van der Waals surface area contributed by atoms with Gasteiger partial charge in [-0.15, -0.1) is 0 Å². The van der Waals surface area contributed by atoms with Crippen molar-refractivity contribution < 1.29 is 9.53 Å². The molecule has 0 aliphatic carbocycles. The van der Waals surface area contributed by atoms with E-state index in [9.17, 15) is 4.79 Å². The van der Waals surface area contributed by atoms with Gasteiger partial charge in [-0.3, -0.25) is 4.79 Å². The van der Waals surface area contributed by atoms with Crippen LogP contribution in [0.1, 0.15) is 33.1 Å². The molecule has 3 heteroatoms. The monoisotopic (exact) mass is 185 g/mol. The van der Waals surface area contributed by atoms with Crippen LogP contribution in [0.15, 0.2) is 0 Å². The molecule has 0 amide bonds. The quantitative estimate of drug-likeness (QED) is 0.674. The van der Waals surface area contributed by atoms with Crippen LogP contribution in [0.25, 0.3) is 0 Å². The minimum absolute atomic E-state index is 0.0568. The zero-order valence-electron chi connectivity index (χ0n) is 8.51. The smallest absolute Gasteiger partial charge is 0.323 e. The molecule has 2 atom stereocenters. The first-order chi connectivity index (χ1) is 6.27. The van der Waals surface area contributed by atoms with Gasteiger partial charge in [0.15, 0.2) is 0 Å². The molecule has 0 aromatic heterocycles. The number of esters is 1. The van der Waals surface area contributed by atoms with Crippen molar-refractivity contribution in [3.8, 4) is 0 Å². The number of hydrogen-bond donors (Lipinski definition) is 1. The summed E-state index contributed by atoms with van der Waals surface area (Å²) in [5.41, 5.74) is 0. The first-order valence-corrected chi connectivity index (χ1v) is 5.18. The molecule has 0 bridgehead atoms. The number of hydrogen-bond acceptors (Lipinski definition) is 3. The van der Waals surface area contributed by atoms with E-state index in [-0.39, 0.29) is 12.0 Å². The molecule has 1 N–H and O–H groups in total. The van der Waals surface area contributed by atoms with Crippen LogP contribution >= 0.6 is 0 Å². The first-order valence-electron chi connectivity index (χ1n) is 5.18. The number of piperidine rings is 1. The lowest BCUT2D eigenvalue weighted by Crippen LogP contribution is -2.44. The molecular weight excluding hydrogens is 166 g/mol. The Hall–Kier alpha value is -0.570. The van der Waals surface area contributed by atoms with E-state index >= 15 is 0 Å². The molecule has 0 spiro atoms. The Labute approximate surface area is 79.8 Å². The molecule has 1 heterocycles. The van der Waals surface area contributed by atoms with E-state index in [1.165, 1.54) is 6.42 Å². The summed E-state index contributed by atoms with van der Waals surface area (Å²) < 4.78 is 4.97. The maximum atomic E-state index is 11.4. The third-order valence-corrected chi connectivity index (χ3v) is 2.66. The normalized spacial score (nSPS) is 28.5. The van der Waals surface area contributed by atoms with Gasteiger partial charge in [-0.05, 0) is 32.2 Å². The van der Waals surface area contributed by atoms with Gasteiger partial charge < -0.3 is 10.1 Å². The fraction of sp³-hybridized carbons (Fsp3) is 0.900. The third kappa shape index (κ3) is 2.99. The first kappa shape index (κ1) is 10.5. The van der Waals surface area contributed by atoms with Crippen LogP contribution in [0.5, 0.6) is 0 Å². The number of rotatable bonds is 3. The standard InChI is InChI=1S/C10H19NO2/c1-3-8-5-6-11-9(7-8)10(12)13-4-2/h8-9,11H,3-7H2,1-2H3. The Morgan fingerprint density at radius 2 is 2.31 bits per heavy atom. The molecule has 1 fully saturated rings. The van der Waals surface area contributed by atoms with Crippen LogP contribution in [-0.2, 0) is 9.53 Å². The molecule has 3 nitrogen and oxygen atoms in total. The van der Waals surface area contributed by atoms with Crippen molar-refractivity contribution in [1.82, 2.24) is 5.32 Å². The lowest BCUT2D eigenvalue weighted by atomic mass is 9.90. The largest absolute Gasteiger partial charge is 0.465 e. The molecular formula is C10H19NO2. The molecule has 76 valence electrons. The van der Waals surface area contributed by atoms with Crippen LogP contribution in [0, 0.1) is 5.92 Å². The second-order valence-corrected chi connectivity index (χ2v) is 3.56. The zero-order valence-corrected chi connectivity index (χ0v) is 8.51. The maximum Gasteiger partial charge on any atom is 0.323 e. The van der Waals surface area contributed by atoms with Crippen LogP contribution in [0.2, 0.25) is 0 Å². The lowest BCUT2D eigenvalue weighted by molar-refractivity contribution is -0.146. The minimum Gasteiger partial charge on any atom is -0.465 e.